The number of aromatic nitrogens is 3. The number of nitrogens with two attached hydrogens (primary N) is 1. The van der Waals surface area contributed by atoms with Crippen molar-refractivity contribution in [2.24, 2.45) is 11.8 Å². The number of nitrogens with zero attached hydrogens (tertiary/aromatic N) is 3. The zero-order valence-electron chi connectivity index (χ0n) is 10.3. The van der Waals surface area contributed by atoms with Gasteiger partial charge in [-0.1, -0.05) is 0 Å². The van der Waals surface area contributed by atoms with Crippen molar-refractivity contribution in [3.8, 4) is 12.0 Å². The fourth-order valence-electron chi connectivity index (χ4n) is 1.66. The molecule has 0 aromatic carbocycles. The standard InChI is InChI=1S/C10H17N5O3/c1-16-9-12-8(15-11)13-10(14-9)18-6-7-2-4-17-5-3-7/h7H,2-6,11H2,1H3,(H,12,13,14,15). The Hall–Kier alpha value is -1.67. The summed E-state index contributed by atoms with van der Waals surface area (Å²) in [5.41, 5.74) is 2.34. The van der Waals surface area contributed by atoms with Gasteiger partial charge in [-0.15, -0.1) is 4.98 Å². The van der Waals surface area contributed by atoms with E-state index in [-0.39, 0.29) is 18.0 Å². The molecule has 0 spiro atoms. The van der Waals surface area contributed by atoms with E-state index >= 15 is 0 Å². The van der Waals surface area contributed by atoms with Crippen molar-refractivity contribution in [3.05, 3.63) is 0 Å². The molecule has 100 valence electrons. The van der Waals surface area contributed by atoms with Gasteiger partial charge in [0.15, 0.2) is 0 Å². The molecule has 2 rings (SSSR count). The fourth-order valence-corrected chi connectivity index (χ4v) is 1.66. The molecule has 1 aliphatic heterocycles. The molecule has 1 saturated heterocycles. The van der Waals surface area contributed by atoms with Gasteiger partial charge in [0.1, 0.15) is 0 Å². The summed E-state index contributed by atoms with van der Waals surface area (Å²) in [6.45, 7) is 2.12. The number of hydrogen-bond donors (Lipinski definition) is 2. The molecular weight excluding hydrogens is 238 g/mol. The highest BCUT2D eigenvalue weighted by Gasteiger charge is 2.16. The van der Waals surface area contributed by atoms with Crippen LogP contribution in [-0.2, 0) is 4.74 Å². The number of nitrogen functional groups attached to an aromatic ring is 1. The van der Waals surface area contributed by atoms with Crippen LogP contribution in [0, 0.1) is 5.92 Å². The van der Waals surface area contributed by atoms with Crippen LogP contribution in [0.1, 0.15) is 12.8 Å². The summed E-state index contributed by atoms with van der Waals surface area (Å²) >= 11 is 0. The minimum Gasteiger partial charge on any atom is -0.467 e. The van der Waals surface area contributed by atoms with Crippen LogP contribution in [0.3, 0.4) is 0 Å². The minimum atomic E-state index is 0.167. The van der Waals surface area contributed by atoms with Crippen molar-refractivity contribution in [1.82, 2.24) is 15.0 Å². The SMILES string of the molecule is COc1nc(NN)nc(OCC2CCOCC2)n1. The molecule has 3 N–H and O–H groups in total. The molecule has 0 radical (unpaired) electrons. The van der Waals surface area contributed by atoms with Crippen LogP contribution >= 0.6 is 0 Å². The van der Waals surface area contributed by atoms with E-state index in [4.69, 9.17) is 20.1 Å². The smallest absolute Gasteiger partial charge is 0.324 e. The third-order valence-electron chi connectivity index (χ3n) is 2.70. The first-order valence-electron chi connectivity index (χ1n) is 5.79. The number of hydrazine groups is 1. The third kappa shape index (κ3) is 3.41. The van der Waals surface area contributed by atoms with Crippen molar-refractivity contribution in [2.75, 3.05) is 32.4 Å². The van der Waals surface area contributed by atoms with Crippen LogP contribution in [0.25, 0.3) is 0 Å². The van der Waals surface area contributed by atoms with E-state index in [1.807, 2.05) is 0 Å². The van der Waals surface area contributed by atoms with E-state index < -0.39 is 0 Å². The maximum absolute atomic E-state index is 5.54. The normalized spacial score (nSPS) is 16.3. The average molecular weight is 255 g/mol. The summed E-state index contributed by atoms with van der Waals surface area (Å²) in [6, 6.07) is 0.376. The van der Waals surface area contributed by atoms with E-state index in [0.717, 1.165) is 26.1 Å². The Morgan fingerprint density at radius 2 is 2.00 bits per heavy atom. The molecule has 0 unspecified atom stereocenters. The second-order valence-electron chi connectivity index (χ2n) is 3.94. The van der Waals surface area contributed by atoms with E-state index in [9.17, 15) is 0 Å². The van der Waals surface area contributed by atoms with Gasteiger partial charge in [0.25, 0.3) is 0 Å². The van der Waals surface area contributed by atoms with Crippen LogP contribution in [0.5, 0.6) is 12.0 Å². The number of methoxy groups -OCH3 is 1. The predicted molar refractivity (Wildman–Crippen MR) is 63.2 cm³/mol. The Kier molecular flexibility index (Phi) is 4.48. The van der Waals surface area contributed by atoms with Gasteiger partial charge in [0, 0.05) is 13.2 Å². The van der Waals surface area contributed by atoms with E-state index in [0.29, 0.717) is 12.5 Å². The summed E-state index contributed by atoms with van der Waals surface area (Å²) in [5.74, 6) is 5.93. The van der Waals surface area contributed by atoms with Crippen molar-refractivity contribution in [3.63, 3.8) is 0 Å². The molecule has 1 aliphatic rings. The first-order valence-corrected chi connectivity index (χ1v) is 5.79. The van der Waals surface area contributed by atoms with Gasteiger partial charge in [-0.2, -0.15) is 9.97 Å². The van der Waals surface area contributed by atoms with Crippen molar-refractivity contribution in [2.45, 2.75) is 12.8 Å². The number of hydrogen-bond acceptors (Lipinski definition) is 8. The van der Waals surface area contributed by atoms with Crippen molar-refractivity contribution in [1.29, 1.82) is 0 Å². The van der Waals surface area contributed by atoms with Crippen molar-refractivity contribution < 1.29 is 14.2 Å². The lowest BCUT2D eigenvalue weighted by atomic mass is 10.0. The summed E-state index contributed by atoms with van der Waals surface area (Å²) < 4.78 is 15.7. The highest BCUT2D eigenvalue weighted by atomic mass is 16.5. The van der Waals surface area contributed by atoms with Gasteiger partial charge in [0.05, 0.1) is 13.7 Å². The molecule has 8 heteroatoms. The van der Waals surface area contributed by atoms with Crippen molar-refractivity contribution >= 4 is 5.95 Å². The van der Waals surface area contributed by atoms with Gasteiger partial charge in [-0.05, 0) is 18.8 Å². The van der Waals surface area contributed by atoms with Gasteiger partial charge in [-0.3, -0.25) is 5.43 Å². The maximum Gasteiger partial charge on any atom is 0.324 e. The highest BCUT2D eigenvalue weighted by Crippen LogP contribution is 2.17. The zero-order chi connectivity index (χ0) is 12.8. The Morgan fingerprint density at radius 3 is 2.67 bits per heavy atom. The molecule has 0 aliphatic carbocycles. The van der Waals surface area contributed by atoms with Crippen LogP contribution in [0.15, 0.2) is 0 Å². The molecule has 1 fully saturated rings. The first-order chi connectivity index (χ1) is 8.81. The van der Waals surface area contributed by atoms with Gasteiger partial charge < -0.3 is 14.2 Å². The second-order valence-corrected chi connectivity index (χ2v) is 3.94. The molecule has 0 saturated carbocycles. The van der Waals surface area contributed by atoms with E-state index in [1.165, 1.54) is 7.11 Å². The fraction of sp³-hybridized carbons (Fsp3) is 0.700. The number of ether oxygens (including phenoxy) is 3. The lowest BCUT2D eigenvalue weighted by Gasteiger charge is -2.21. The molecule has 0 atom stereocenters. The Labute approximate surface area is 105 Å². The van der Waals surface area contributed by atoms with E-state index in [2.05, 4.69) is 20.4 Å². The van der Waals surface area contributed by atoms with Crippen LogP contribution in [0.4, 0.5) is 5.95 Å². The van der Waals surface area contributed by atoms with Gasteiger partial charge >= 0.3 is 12.0 Å². The topological polar surface area (TPSA) is 104 Å². The third-order valence-corrected chi connectivity index (χ3v) is 2.70. The zero-order valence-corrected chi connectivity index (χ0v) is 10.3. The van der Waals surface area contributed by atoms with E-state index in [1.54, 1.807) is 0 Å². The molecule has 2 heterocycles. The van der Waals surface area contributed by atoms with Gasteiger partial charge in [-0.25, -0.2) is 5.84 Å². The number of rotatable bonds is 5. The molecule has 18 heavy (non-hydrogen) atoms. The van der Waals surface area contributed by atoms with Crippen LogP contribution < -0.4 is 20.7 Å². The number of nitrogens with one attached hydrogen (secondary N) is 1. The predicted octanol–water partition coefficient (Wildman–Crippen LogP) is -0.0288. The van der Waals surface area contributed by atoms with Crippen LogP contribution in [-0.4, -0.2) is 41.9 Å². The summed E-state index contributed by atoms with van der Waals surface area (Å²) in [7, 11) is 1.47. The Morgan fingerprint density at radius 1 is 1.28 bits per heavy atom. The average Bonchev–Trinajstić information content (AvgIpc) is 2.45. The molecule has 1 aromatic rings. The van der Waals surface area contributed by atoms with Gasteiger partial charge in [0.2, 0.25) is 5.95 Å². The molecule has 0 bridgehead atoms. The molecule has 1 aromatic heterocycles. The maximum atomic E-state index is 5.54. The summed E-state index contributed by atoms with van der Waals surface area (Å²) in [4.78, 5) is 11.9. The number of anilines is 1. The monoisotopic (exact) mass is 255 g/mol. The lowest BCUT2D eigenvalue weighted by Crippen LogP contribution is -2.22. The Bertz CT molecular complexity index is 362. The summed E-state index contributed by atoms with van der Waals surface area (Å²) in [5, 5.41) is 0. The quantitative estimate of drug-likeness (QED) is 0.558. The minimum absolute atomic E-state index is 0.167. The largest absolute Gasteiger partial charge is 0.467 e. The second kappa shape index (κ2) is 6.31. The molecular formula is C10H17N5O3. The Balaban J connectivity index is 1.94. The molecule has 0 amide bonds. The van der Waals surface area contributed by atoms with Crippen LogP contribution in [0.2, 0.25) is 0 Å². The first kappa shape index (κ1) is 12.8. The molecule has 8 nitrogen and oxygen atoms in total. The summed E-state index contributed by atoms with van der Waals surface area (Å²) in [6.07, 6.45) is 1.98. The highest BCUT2D eigenvalue weighted by molar-refractivity contribution is 5.25. The lowest BCUT2D eigenvalue weighted by molar-refractivity contribution is 0.0481.